The number of carbonyl (C=O) groups is 1. The molecule has 2 aromatic heterocycles. The van der Waals surface area contributed by atoms with Crippen LogP contribution in [-0.2, 0) is 11.3 Å². The van der Waals surface area contributed by atoms with Crippen LogP contribution in [0.4, 0.5) is 16.2 Å². The molecule has 1 fully saturated rings. The Labute approximate surface area is 166 Å². The average molecular weight is 400 g/mol. The summed E-state index contributed by atoms with van der Waals surface area (Å²) < 4.78 is 13.1. The van der Waals surface area contributed by atoms with E-state index in [1.807, 2.05) is 6.92 Å². The highest BCUT2D eigenvalue weighted by Gasteiger charge is 2.26. The number of aryl methyl sites for hydroxylation is 1. The first-order valence-corrected chi connectivity index (χ1v) is 10.1. The van der Waals surface area contributed by atoms with Crippen molar-refractivity contribution in [1.82, 2.24) is 9.97 Å². The van der Waals surface area contributed by atoms with Gasteiger partial charge in [-0.1, -0.05) is 12.1 Å². The van der Waals surface area contributed by atoms with Gasteiger partial charge in [0.1, 0.15) is 16.5 Å². The fourth-order valence-corrected chi connectivity index (χ4v) is 4.30. The predicted octanol–water partition coefficient (Wildman–Crippen LogP) is 4.05. The Morgan fingerprint density at radius 1 is 1.29 bits per heavy atom. The van der Waals surface area contributed by atoms with Crippen LogP contribution in [0.25, 0.3) is 10.2 Å². The number of rotatable bonds is 5. The zero-order valence-corrected chi connectivity index (χ0v) is 16.3. The van der Waals surface area contributed by atoms with Gasteiger partial charge in [0.25, 0.3) is 0 Å². The van der Waals surface area contributed by atoms with Crippen LogP contribution >= 0.6 is 11.3 Å². The number of thiophene rings is 1. The molecule has 0 radical (unpaired) electrons. The summed E-state index contributed by atoms with van der Waals surface area (Å²) in [6.45, 7) is 3.82. The van der Waals surface area contributed by atoms with E-state index in [-0.39, 0.29) is 11.7 Å². The molecule has 146 valence electrons. The fraction of sp³-hybridized carbons (Fsp3) is 0.350. The van der Waals surface area contributed by atoms with E-state index < -0.39 is 5.97 Å². The number of fused-ring (bicyclic) bond motifs is 1. The lowest BCUT2D eigenvalue weighted by Crippen LogP contribution is -2.37. The van der Waals surface area contributed by atoms with Gasteiger partial charge in [-0.15, -0.1) is 11.3 Å². The van der Waals surface area contributed by atoms with Gasteiger partial charge in [0.2, 0.25) is 5.95 Å². The van der Waals surface area contributed by atoms with Gasteiger partial charge in [0, 0.05) is 24.5 Å². The van der Waals surface area contributed by atoms with Crippen molar-refractivity contribution < 1.29 is 14.3 Å². The molecular formula is C20H21FN4O2S. The molecule has 0 atom stereocenters. The van der Waals surface area contributed by atoms with E-state index in [0.29, 0.717) is 38.4 Å². The molecular weight excluding hydrogens is 379 g/mol. The molecule has 0 unspecified atom stereocenters. The molecule has 1 saturated heterocycles. The number of anilines is 2. The van der Waals surface area contributed by atoms with Gasteiger partial charge in [-0.05, 0) is 43.5 Å². The molecule has 2 N–H and O–H groups in total. The predicted molar refractivity (Wildman–Crippen MR) is 108 cm³/mol. The number of nitrogens with zero attached hydrogens (tertiary/aromatic N) is 3. The standard InChI is InChI=1S/C20H21FN4O2S/c1-12-10-16-17(22-11-13-2-4-15(21)5-3-13)23-20(24-18(16)28-12)25-8-6-14(7-9-25)19(26)27/h2-5,10,14H,6-9,11H2,1H3,(H,26,27)(H,22,23,24). The van der Waals surface area contributed by atoms with Crippen molar-refractivity contribution in [2.24, 2.45) is 5.92 Å². The molecule has 0 aliphatic carbocycles. The van der Waals surface area contributed by atoms with Crippen molar-refractivity contribution in [2.45, 2.75) is 26.3 Å². The number of carboxylic acids is 1. The highest BCUT2D eigenvalue weighted by molar-refractivity contribution is 7.18. The molecule has 3 heterocycles. The summed E-state index contributed by atoms with van der Waals surface area (Å²) in [5.74, 6) is 0.0918. The minimum atomic E-state index is -0.730. The summed E-state index contributed by atoms with van der Waals surface area (Å²) in [4.78, 5) is 24.7. The topological polar surface area (TPSA) is 78.4 Å². The summed E-state index contributed by atoms with van der Waals surface area (Å²) in [6, 6.07) is 8.44. The fourth-order valence-electron chi connectivity index (χ4n) is 3.42. The maximum absolute atomic E-state index is 13.1. The van der Waals surface area contributed by atoms with Gasteiger partial charge in [-0.25, -0.2) is 9.37 Å². The number of carboxylic acid groups (broad SMARTS) is 1. The minimum absolute atomic E-state index is 0.256. The summed E-state index contributed by atoms with van der Waals surface area (Å²) in [6.07, 6.45) is 1.19. The lowest BCUT2D eigenvalue weighted by molar-refractivity contribution is -0.142. The van der Waals surface area contributed by atoms with Gasteiger partial charge in [0.15, 0.2) is 0 Å². The second-order valence-corrected chi connectivity index (χ2v) is 8.26. The van der Waals surface area contributed by atoms with Crippen LogP contribution < -0.4 is 10.2 Å². The van der Waals surface area contributed by atoms with Gasteiger partial charge in [-0.2, -0.15) is 4.98 Å². The molecule has 0 bridgehead atoms. The number of halogens is 1. The van der Waals surface area contributed by atoms with Crippen LogP contribution in [-0.4, -0.2) is 34.1 Å². The molecule has 6 nitrogen and oxygen atoms in total. The van der Waals surface area contributed by atoms with Gasteiger partial charge < -0.3 is 15.3 Å². The maximum atomic E-state index is 13.1. The molecule has 1 aromatic carbocycles. The first kappa shape index (κ1) is 18.6. The largest absolute Gasteiger partial charge is 0.481 e. The number of aliphatic carboxylic acids is 1. The minimum Gasteiger partial charge on any atom is -0.481 e. The first-order valence-electron chi connectivity index (χ1n) is 9.24. The van der Waals surface area contributed by atoms with E-state index in [1.165, 1.54) is 12.1 Å². The van der Waals surface area contributed by atoms with Crippen molar-refractivity contribution in [3.8, 4) is 0 Å². The first-order chi connectivity index (χ1) is 13.5. The van der Waals surface area contributed by atoms with E-state index in [4.69, 9.17) is 9.97 Å². The second kappa shape index (κ2) is 7.71. The number of hydrogen-bond acceptors (Lipinski definition) is 6. The Hall–Kier alpha value is -2.74. The Morgan fingerprint density at radius 2 is 2.00 bits per heavy atom. The third kappa shape index (κ3) is 3.91. The zero-order valence-electron chi connectivity index (χ0n) is 15.5. The summed E-state index contributed by atoms with van der Waals surface area (Å²) in [5.41, 5.74) is 0.962. The highest BCUT2D eigenvalue weighted by atomic mass is 32.1. The molecule has 1 aliphatic heterocycles. The zero-order chi connectivity index (χ0) is 19.7. The van der Waals surface area contributed by atoms with Crippen LogP contribution in [0.2, 0.25) is 0 Å². The van der Waals surface area contributed by atoms with Crippen LogP contribution in [0.3, 0.4) is 0 Å². The van der Waals surface area contributed by atoms with Crippen LogP contribution in [0.5, 0.6) is 0 Å². The van der Waals surface area contributed by atoms with E-state index in [0.717, 1.165) is 26.5 Å². The number of hydrogen-bond donors (Lipinski definition) is 2. The van der Waals surface area contributed by atoms with E-state index in [2.05, 4.69) is 16.3 Å². The lowest BCUT2D eigenvalue weighted by Gasteiger charge is -2.30. The van der Waals surface area contributed by atoms with Crippen molar-refractivity contribution >= 4 is 39.3 Å². The molecule has 8 heteroatoms. The molecule has 3 aromatic rings. The van der Waals surface area contributed by atoms with Crippen LogP contribution in [0.15, 0.2) is 30.3 Å². The monoisotopic (exact) mass is 400 g/mol. The molecule has 0 saturated carbocycles. The van der Waals surface area contributed by atoms with Crippen molar-refractivity contribution in [2.75, 3.05) is 23.3 Å². The number of nitrogens with one attached hydrogen (secondary N) is 1. The van der Waals surface area contributed by atoms with Crippen molar-refractivity contribution in [1.29, 1.82) is 0 Å². The quantitative estimate of drug-likeness (QED) is 0.673. The third-order valence-corrected chi connectivity index (χ3v) is 5.95. The number of piperidine rings is 1. The van der Waals surface area contributed by atoms with Crippen LogP contribution in [0, 0.1) is 18.7 Å². The summed E-state index contributed by atoms with van der Waals surface area (Å²) in [7, 11) is 0. The van der Waals surface area contributed by atoms with E-state index >= 15 is 0 Å². The molecule has 4 rings (SSSR count). The van der Waals surface area contributed by atoms with Gasteiger partial charge >= 0.3 is 5.97 Å². The number of aromatic nitrogens is 2. The molecule has 1 aliphatic rings. The Kier molecular flexibility index (Phi) is 5.13. The lowest BCUT2D eigenvalue weighted by atomic mass is 9.97. The highest BCUT2D eigenvalue weighted by Crippen LogP contribution is 2.32. The summed E-state index contributed by atoms with van der Waals surface area (Å²) >= 11 is 1.61. The second-order valence-electron chi connectivity index (χ2n) is 7.03. The molecule has 0 amide bonds. The van der Waals surface area contributed by atoms with E-state index in [9.17, 15) is 14.3 Å². The number of benzene rings is 1. The third-order valence-electron chi connectivity index (χ3n) is 5.00. The SMILES string of the molecule is Cc1cc2c(NCc3ccc(F)cc3)nc(N3CCC(C(=O)O)CC3)nc2s1. The van der Waals surface area contributed by atoms with Crippen molar-refractivity contribution in [3.63, 3.8) is 0 Å². The summed E-state index contributed by atoms with van der Waals surface area (Å²) in [5, 5.41) is 13.5. The van der Waals surface area contributed by atoms with Crippen LogP contribution in [0.1, 0.15) is 23.3 Å². The average Bonchev–Trinajstić information content (AvgIpc) is 3.07. The Morgan fingerprint density at radius 3 is 2.68 bits per heavy atom. The smallest absolute Gasteiger partial charge is 0.306 e. The molecule has 0 spiro atoms. The molecule has 28 heavy (non-hydrogen) atoms. The van der Waals surface area contributed by atoms with Gasteiger partial charge in [-0.3, -0.25) is 4.79 Å². The Bertz CT molecular complexity index is 997. The Balaban J connectivity index is 1.58. The normalized spacial score (nSPS) is 15.1. The van der Waals surface area contributed by atoms with Crippen molar-refractivity contribution in [3.05, 3.63) is 46.6 Å². The maximum Gasteiger partial charge on any atom is 0.306 e. The van der Waals surface area contributed by atoms with Gasteiger partial charge in [0.05, 0.1) is 11.3 Å². The van der Waals surface area contributed by atoms with E-state index in [1.54, 1.807) is 23.5 Å².